The van der Waals surface area contributed by atoms with E-state index in [1.54, 1.807) is 7.11 Å². The van der Waals surface area contributed by atoms with E-state index in [2.05, 4.69) is 10.1 Å². The van der Waals surface area contributed by atoms with Crippen molar-refractivity contribution in [1.82, 2.24) is 5.32 Å². The first-order valence-corrected chi connectivity index (χ1v) is 6.09. The first-order chi connectivity index (χ1) is 8.92. The molecule has 106 valence electrons. The summed E-state index contributed by atoms with van der Waals surface area (Å²) in [6, 6.07) is 7.54. The molecule has 1 aromatic rings. The summed E-state index contributed by atoms with van der Waals surface area (Å²) in [5, 5.41) is 13.0. The van der Waals surface area contributed by atoms with Gasteiger partial charge < -0.3 is 19.9 Å². The highest BCUT2D eigenvalue weighted by Gasteiger charge is 2.31. The second-order valence-electron chi connectivity index (χ2n) is 4.61. The number of carbonyl (C=O) groups excluding carboxylic acids is 1. The van der Waals surface area contributed by atoms with Gasteiger partial charge in [0.2, 0.25) is 0 Å². The molecule has 19 heavy (non-hydrogen) atoms. The highest BCUT2D eigenvalue weighted by atomic mass is 16.5. The van der Waals surface area contributed by atoms with Gasteiger partial charge in [-0.25, -0.2) is 4.79 Å². The molecule has 0 saturated heterocycles. The molecule has 0 aliphatic heterocycles. The number of esters is 1. The number of benzene rings is 1. The van der Waals surface area contributed by atoms with Gasteiger partial charge in [-0.2, -0.15) is 0 Å². The Morgan fingerprint density at radius 2 is 2.05 bits per heavy atom. The standard InChI is InChI=1S/C14H21NO4/c1-10(11-7-5-6-8-12(11)18-3)15-9-14(2,17)13(16)19-4/h5-8,10,15,17H,9H2,1-4H3/t10-,14?/m0/s1. The predicted octanol–water partition coefficient (Wildman–Crippen LogP) is 1.27. The minimum absolute atomic E-state index is 0.0627. The third kappa shape index (κ3) is 3.94. The van der Waals surface area contributed by atoms with Gasteiger partial charge in [-0.1, -0.05) is 18.2 Å². The van der Waals surface area contributed by atoms with Crippen LogP contribution < -0.4 is 10.1 Å². The summed E-state index contributed by atoms with van der Waals surface area (Å²) in [5.74, 6) is 0.104. The lowest BCUT2D eigenvalue weighted by molar-refractivity contribution is -0.160. The highest BCUT2D eigenvalue weighted by molar-refractivity contribution is 5.78. The summed E-state index contributed by atoms with van der Waals surface area (Å²) in [6.07, 6.45) is 0. The third-order valence-corrected chi connectivity index (χ3v) is 2.98. The fourth-order valence-electron chi connectivity index (χ4n) is 1.78. The number of hydrogen-bond acceptors (Lipinski definition) is 5. The number of aliphatic hydroxyl groups is 1. The van der Waals surface area contributed by atoms with Crippen molar-refractivity contribution in [2.24, 2.45) is 0 Å². The van der Waals surface area contributed by atoms with Crippen LogP contribution in [0.2, 0.25) is 0 Å². The van der Waals surface area contributed by atoms with Crippen LogP contribution in [0.1, 0.15) is 25.5 Å². The van der Waals surface area contributed by atoms with Gasteiger partial charge in [0.1, 0.15) is 5.75 Å². The molecule has 0 bridgehead atoms. The zero-order valence-corrected chi connectivity index (χ0v) is 11.8. The Morgan fingerprint density at radius 3 is 2.63 bits per heavy atom. The quantitative estimate of drug-likeness (QED) is 0.760. The predicted molar refractivity (Wildman–Crippen MR) is 72.1 cm³/mol. The number of carbonyl (C=O) groups is 1. The van der Waals surface area contributed by atoms with Crippen molar-refractivity contribution in [3.63, 3.8) is 0 Å². The van der Waals surface area contributed by atoms with Crippen molar-refractivity contribution in [2.45, 2.75) is 25.5 Å². The van der Waals surface area contributed by atoms with Gasteiger partial charge >= 0.3 is 5.97 Å². The Labute approximate surface area is 113 Å². The molecule has 5 nitrogen and oxygen atoms in total. The van der Waals surface area contributed by atoms with E-state index in [4.69, 9.17) is 4.74 Å². The van der Waals surface area contributed by atoms with E-state index in [0.717, 1.165) is 11.3 Å². The summed E-state index contributed by atoms with van der Waals surface area (Å²) in [6.45, 7) is 3.45. The van der Waals surface area contributed by atoms with E-state index in [1.165, 1.54) is 14.0 Å². The van der Waals surface area contributed by atoms with Crippen LogP contribution in [0.4, 0.5) is 0 Å². The maximum absolute atomic E-state index is 11.4. The molecule has 1 aromatic carbocycles. The summed E-state index contributed by atoms with van der Waals surface area (Å²) < 4.78 is 9.82. The van der Waals surface area contributed by atoms with Gasteiger partial charge in [-0.15, -0.1) is 0 Å². The van der Waals surface area contributed by atoms with Gasteiger partial charge in [0.05, 0.1) is 14.2 Å². The fraction of sp³-hybridized carbons (Fsp3) is 0.500. The van der Waals surface area contributed by atoms with E-state index in [-0.39, 0.29) is 12.6 Å². The SMILES string of the molecule is COC(=O)C(C)(O)CN[C@@H](C)c1ccccc1OC. The van der Waals surface area contributed by atoms with Crippen LogP contribution in [-0.4, -0.2) is 37.4 Å². The number of nitrogens with one attached hydrogen (secondary N) is 1. The Balaban J connectivity index is 2.70. The van der Waals surface area contributed by atoms with Crippen LogP contribution in [0.25, 0.3) is 0 Å². The molecule has 0 aliphatic carbocycles. The van der Waals surface area contributed by atoms with E-state index >= 15 is 0 Å². The van der Waals surface area contributed by atoms with Crippen molar-refractivity contribution >= 4 is 5.97 Å². The van der Waals surface area contributed by atoms with Crippen LogP contribution in [-0.2, 0) is 9.53 Å². The Bertz CT molecular complexity index is 431. The van der Waals surface area contributed by atoms with Gasteiger partial charge in [0.15, 0.2) is 5.60 Å². The lowest BCUT2D eigenvalue weighted by Crippen LogP contribution is -2.46. The van der Waals surface area contributed by atoms with Gasteiger partial charge in [0, 0.05) is 18.2 Å². The smallest absolute Gasteiger partial charge is 0.338 e. The summed E-state index contributed by atoms with van der Waals surface area (Å²) in [4.78, 5) is 11.4. The van der Waals surface area contributed by atoms with Crippen molar-refractivity contribution in [1.29, 1.82) is 0 Å². The minimum Gasteiger partial charge on any atom is -0.496 e. The summed E-state index contributed by atoms with van der Waals surface area (Å²) in [7, 11) is 2.86. The van der Waals surface area contributed by atoms with Gasteiger partial charge in [-0.3, -0.25) is 0 Å². The van der Waals surface area contributed by atoms with Crippen molar-refractivity contribution in [2.75, 3.05) is 20.8 Å². The zero-order valence-electron chi connectivity index (χ0n) is 11.8. The highest BCUT2D eigenvalue weighted by Crippen LogP contribution is 2.24. The van der Waals surface area contributed by atoms with E-state index in [1.807, 2.05) is 31.2 Å². The fourth-order valence-corrected chi connectivity index (χ4v) is 1.78. The normalized spacial score (nSPS) is 15.4. The zero-order chi connectivity index (χ0) is 14.5. The third-order valence-electron chi connectivity index (χ3n) is 2.98. The summed E-state index contributed by atoms with van der Waals surface area (Å²) in [5.41, 5.74) is -0.587. The molecule has 0 fully saturated rings. The molecular weight excluding hydrogens is 246 g/mol. The number of rotatable bonds is 6. The lowest BCUT2D eigenvalue weighted by atomic mass is 10.0. The molecule has 0 saturated carbocycles. The van der Waals surface area contributed by atoms with Gasteiger partial charge in [0.25, 0.3) is 0 Å². The monoisotopic (exact) mass is 267 g/mol. The maximum atomic E-state index is 11.4. The van der Waals surface area contributed by atoms with Gasteiger partial charge in [-0.05, 0) is 19.9 Å². The molecule has 1 rings (SSSR count). The molecule has 2 atom stereocenters. The van der Waals surface area contributed by atoms with Crippen molar-refractivity contribution < 1.29 is 19.4 Å². The molecule has 5 heteroatoms. The van der Waals surface area contributed by atoms with Crippen LogP contribution >= 0.6 is 0 Å². The van der Waals surface area contributed by atoms with Crippen LogP contribution in [0.5, 0.6) is 5.75 Å². The first-order valence-electron chi connectivity index (χ1n) is 6.09. The van der Waals surface area contributed by atoms with Crippen molar-refractivity contribution in [3.05, 3.63) is 29.8 Å². The van der Waals surface area contributed by atoms with E-state index in [9.17, 15) is 9.90 Å². The van der Waals surface area contributed by atoms with Crippen LogP contribution in [0, 0.1) is 0 Å². The summed E-state index contributed by atoms with van der Waals surface area (Å²) >= 11 is 0. The molecule has 1 unspecified atom stereocenters. The second kappa shape index (κ2) is 6.54. The lowest BCUT2D eigenvalue weighted by Gasteiger charge is -2.24. The van der Waals surface area contributed by atoms with Crippen LogP contribution in [0.3, 0.4) is 0 Å². The molecular formula is C14H21NO4. The van der Waals surface area contributed by atoms with Crippen LogP contribution in [0.15, 0.2) is 24.3 Å². The Kier molecular flexibility index (Phi) is 5.32. The van der Waals surface area contributed by atoms with Crippen molar-refractivity contribution in [3.8, 4) is 5.75 Å². The number of ether oxygens (including phenoxy) is 2. The molecule has 0 aromatic heterocycles. The maximum Gasteiger partial charge on any atom is 0.338 e. The van der Waals surface area contributed by atoms with E-state index < -0.39 is 11.6 Å². The number of methoxy groups -OCH3 is 2. The molecule has 2 N–H and O–H groups in total. The van der Waals surface area contributed by atoms with E-state index in [0.29, 0.717) is 0 Å². The molecule has 0 heterocycles. The number of hydrogen-bond donors (Lipinski definition) is 2. The molecule has 0 amide bonds. The second-order valence-corrected chi connectivity index (χ2v) is 4.61. The Morgan fingerprint density at radius 1 is 1.42 bits per heavy atom. The molecule has 0 spiro atoms. The minimum atomic E-state index is -1.55. The molecule has 0 radical (unpaired) electrons. The average molecular weight is 267 g/mol. The average Bonchev–Trinajstić information content (AvgIpc) is 2.43. The first kappa shape index (κ1) is 15.5. The molecule has 0 aliphatic rings. The topological polar surface area (TPSA) is 67.8 Å². The largest absolute Gasteiger partial charge is 0.496 e. The number of para-hydroxylation sites is 1. The Hall–Kier alpha value is -1.59.